The summed E-state index contributed by atoms with van der Waals surface area (Å²) in [6, 6.07) is 1.70. The molecule has 0 spiro atoms. The van der Waals surface area contributed by atoms with Crippen molar-refractivity contribution in [1.82, 2.24) is 0 Å². The fourth-order valence-electron chi connectivity index (χ4n) is 1.45. The van der Waals surface area contributed by atoms with Crippen LogP contribution in [0, 0.1) is 17.2 Å². The molecule has 1 atom stereocenters. The summed E-state index contributed by atoms with van der Waals surface area (Å²) in [4.78, 5) is 0. The van der Waals surface area contributed by atoms with E-state index < -0.39 is 17.7 Å². The Balaban J connectivity index is 3.07. The molecule has 0 aromatic heterocycles. The Bertz CT molecular complexity index is 317. The highest BCUT2D eigenvalue weighted by molar-refractivity contribution is 5.31. The monoisotopic (exact) mass is 201 g/mol. The molecule has 0 aromatic carbocycles. The molecule has 1 nitrogen and oxygen atoms in total. The molecule has 0 aromatic rings. The summed E-state index contributed by atoms with van der Waals surface area (Å²) in [6.45, 7) is 1.62. The van der Waals surface area contributed by atoms with Crippen molar-refractivity contribution in [3.8, 4) is 6.07 Å². The van der Waals surface area contributed by atoms with Crippen molar-refractivity contribution >= 4 is 0 Å². The summed E-state index contributed by atoms with van der Waals surface area (Å²) in [5.41, 5.74) is -0.138. The van der Waals surface area contributed by atoms with Gasteiger partial charge in [0, 0.05) is 0 Å². The first-order chi connectivity index (χ1) is 6.45. The summed E-state index contributed by atoms with van der Waals surface area (Å²) >= 11 is 0. The third-order valence-corrected chi connectivity index (χ3v) is 2.16. The number of alkyl halides is 3. The van der Waals surface area contributed by atoms with Crippen molar-refractivity contribution in [3.63, 3.8) is 0 Å². The van der Waals surface area contributed by atoms with E-state index in [4.69, 9.17) is 5.26 Å². The number of halogens is 3. The second-order valence-corrected chi connectivity index (χ2v) is 3.30. The van der Waals surface area contributed by atoms with Crippen LogP contribution in [0.15, 0.2) is 23.3 Å². The first-order valence-corrected chi connectivity index (χ1v) is 4.30. The lowest BCUT2D eigenvalue weighted by Crippen LogP contribution is -2.18. The van der Waals surface area contributed by atoms with E-state index in [0.717, 1.165) is 6.08 Å². The van der Waals surface area contributed by atoms with Gasteiger partial charge in [-0.2, -0.15) is 18.4 Å². The van der Waals surface area contributed by atoms with E-state index in [-0.39, 0.29) is 6.42 Å². The van der Waals surface area contributed by atoms with Gasteiger partial charge in [-0.3, -0.25) is 0 Å². The normalized spacial score (nSPS) is 23.2. The van der Waals surface area contributed by atoms with Gasteiger partial charge >= 0.3 is 6.18 Å². The van der Waals surface area contributed by atoms with Crippen molar-refractivity contribution in [2.45, 2.75) is 25.9 Å². The summed E-state index contributed by atoms with van der Waals surface area (Å²) in [5.74, 6) is -1.02. The highest BCUT2D eigenvalue weighted by atomic mass is 19.4. The van der Waals surface area contributed by atoms with E-state index >= 15 is 0 Å². The Hall–Kier alpha value is -1.24. The van der Waals surface area contributed by atoms with Gasteiger partial charge in [-0.15, -0.1) is 0 Å². The van der Waals surface area contributed by atoms with Crippen molar-refractivity contribution in [2.24, 2.45) is 5.92 Å². The highest BCUT2D eigenvalue weighted by Crippen LogP contribution is 2.35. The zero-order chi connectivity index (χ0) is 10.8. The smallest absolute Gasteiger partial charge is 0.198 e. The fourth-order valence-corrected chi connectivity index (χ4v) is 1.45. The van der Waals surface area contributed by atoms with Gasteiger partial charge in [0.05, 0.1) is 17.6 Å². The standard InChI is InChI=1S/C10H10F3N/c1-7-3-2-4-8(6-14)9(5-7)10(11,12)13/h3,5,8H,2,4H2,1H3. The molecule has 0 heterocycles. The minimum atomic E-state index is -4.39. The third kappa shape index (κ3) is 2.38. The lowest BCUT2D eigenvalue weighted by molar-refractivity contribution is -0.0971. The second kappa shape index (κ2) is 3.87. The summed E-state index contributed by atoms with van der Waals surface area (Å²) < 4.78 is 37.5. The molecule has 0 bridgehead atoms. The van der Waals surface area contributed by atoms with Crippen LogP contribution in [-0.2, 0) is 0 Å². The van der Waals surface area contributed by atoms with Gasteiger partial charge in [-0.1, -0.05) is 17.7 Å². The molecule has 0 radical (unpaired) electrons. The van der Waals surface area contributed by atoms with Gasteiger partial charge in [-0.05, 0) is 19.8 Å². The molecule has 76 valence electrons. The minimum Gasteiger partial charge on any atom is -0.198 e. The number of allylic oxidation sites excluding steroid dienone is 4. The predicted molar refractivity (Wildman–Crippen MR) is 46.2 cm³/mol. The number of hydrogen-bond acceptors (Lipinski definition) is 1. The molecule has 0 saturated heterocycles. The Labute approximate surface area is 80.5 Å². The van der Waals surface area contributed by atoms with Crippen LogP contribution < -0.4 is 0 Å². The zero-order valence-electron chi connectivity index (χ0n) is 7.73. The molecule has 1 rings (SSSR count). The molecule has 0 aliphatic heterocycles. The number of rotatable bonds is 0. The van der Waals surface area contributed by atoms with Gasteiger partial charge in [0.25, 0.3) is 0 Å². The van der Waals surface area contributed by atoms with Crippen LogP contribution in [0.4, 0.5) is 13.2 Å². The maximum absolute atomic E-state index is 12.5. The van der Waals surface area contributed by atoms with E-state index in [0.29, 0.717) is 12.0 Å². The first-order valence-electron chi connectivity index (χ1n) is 4.30. The quantitative estimate of drug-likeness (QED) is 0.589. The van der Waals surface area contributed by atoms with Gasteiger partial charge in [0.1, 0.15) is 0 Å². The molecular formula is C10H10F3N. The van der Waals surface area contributed by atoms with E-state index in [1.165, 1.54) is 0 Å². The van der Waals surface area contributed by atoms with E-state index in [2.05, 4.69) is 0 Å². The molecule has 14 heavy (non-hydrogen) atoms. The lowest BCUT2D eigenvalue weighted by atomic mass is 9.96. The zero-order valence-corrected chi connectivity index (χ0v) is 7.73. The minimum absolute atomic E-state index is 0.249. The third-order valence-electron chi connectivity index (χ3n) is 2.16. The van der Waals surface area contributed by atoms with Crippen LogP contribution in [0.1, 0.15) is 19.8 Å². The lowest BCUT2D eigenvalue weighted by Gasteiger charge is -2.14. The molecular weight excluding hydrogens is 191 g/mol. The number of nitrogens with zero attached hydrogens (tertiary/aromatic N) is 1. The average molecular weight is 201 g/mol. The van der Waals surface area contributed by atoms with Crippen molar-refractivity contribution in [2.75, 3.05) is 0 Å². The Morgan fingerprint density at radius 1 is 1.50 bits per heavy atom. The van der Waals surface area contributed by atoms with Crippen molar-refractivity contribution in [1.29, 1.82) is 5.26 Å². The first kappa shape index (κ1) is 10.8. The molecule has 1 aliphatic rings. The molecule has 1 unspecified atom stereocenters. The molecule has 0 N–H and O–H groups in total. The van der Waals surface area contributed by atoms with Crippen LogP contribution in [-0.4, -0.2) is 6.18 Å². The Morgan fingerprint density at radius 2 is 2.14 bits per heavy atom. The second-order valence-electron chi connectivity index (χ2n) is 3.30. The van der Waals surface area contributed by atoms with Gasteiger partial charge < -0.3 is 0 Å². The van der Waals surface area contributed by atoms with Crippen LogP contribution in [0.25, 0.3) is 0 Å². The van der Waals surface area contributed by atoms with Crippen molar-refractivity contribution < 1.29 is 13.2 Å². The molecule has 1 aliphatic carbocycles. The van der Waals surface area contributed by atoms with E-state index in [1.54, 1.807) is 19.1 Å². The molecule has 0 amide bonds. The largest absolute Gasteiger partial charge is 0.413 e. The summed E-state index contributed by atoms with van der Waals surface area (Å²) in [7, 11) is 0. The van der Waals surface area contributed by atoms with Gasteiger partial charge in [0.2, 0.25) is 0 Å². The molecule has 0 saturated carbocycles. The maximum atomic E-state index is 12.5. The SMILES string of the molecule is CC1=CCCC(C#N)C(C(F)(F)F)=C1. The van der Waals surface area contributed by atoms with Crippen LogP contribution in [0.3, 0.4) is 0 Å². The van der Waals surface area contributed by atoms with Crippen molar-refractivity contribution in [3.05, 3.63) is 23.3 Å². The van der Waals surface area contributed by atoms with Crippen LogP contribution >= 0.6 is 0 Å². The Morgan fingerprint density at radius 3 is 2.64 bits per heavy atom. The van der Waals surface area contributed by atoms with Gasteiger partial charge in [0.15, 0.2) is 0 Å². The Kier molecular flexibility index (Phi) is 3.00. The summed E-state index contributed by atoms with van der Waals surface area (Å²) in [5, 5.41) is 8.62. The van der Waals surface area contributed by atoms with Crippen LogP contribution in [0.5, 0.6) is 0 Å². The molecule has 0 fully saturated rings. The van der Waals surface area contributed by atoms with Gasteiger partial charge in [-0.25, -0.2) is 0 Å². The topological polar surface area (TPSA) is 23.8 Å². The fraction of sp³-hybridized carbons (Fsp3) is 0.500. The highest BCUT2D eigenvalue weighted by Gasteiger charge is 2.38. The number of hydrogen-bond donors (Lipinski definition) is 0. The summed E-state index contributed by atoms with van der Waals surface area (Å²) in [6.07, 6.45) is -0.816. The number of nitriles is 1. The van der Waals surface area contributed by atoms with E-state index in [1.807, 2.05) is 0 Å². The van der Waals surface area contributed by atoms with Crippen LogP contribution in [0.2, 0.25) is 0 Å². The predicted octanol–water partition coefficient (Wildman–Crippen LogP) is 3.35. The maximum Gasteiger partial charge on any atom is 0.413 e. The van der Waals surface area contributed by atoms with E-state index in [9.17, 15) is 13.2 Å². The average Bonchev–Trinajstić information content (AvgIpc) is 2.25. The molecule has 4 heteroatoms.